The van der Waals surface area contributed by atoms with Gasteiger partial charge in [-0.05, 0) is 24.8 Å². The number of nitrogens with one attached hydrogen (secondary N) is 1. The molecule has 0 aliphatic heterocycles. The number of aromatic nitrogens is 2. The molecule has 1 atom stereocenters. The molecule has 1 saturated carbocycles. The van der Waals surface area contributed by atoms with Crippen molar-refractivity contribution in [3.05, 3.63) is 40.8 Å². The predicted molar refractivity (Wildman–Crippen MR) is 99.4 cm³/mol. The zero-order valence-electron chi connectivity index (χ0n) is 14.9. The Labute approximate surface area is 148 Å². The Morgan fingerprint density at radius 2 is 2.08 bits per heavy atom. The first-order valence-electron chi connectivity index (χ1n) is 9.41. The van der Waals surface area contributed by atoms with E-state index < -0.39 is 0 Å². The molecule has 1 aliphatic carbocycles. The van der Waals surface area contributed by atoms with E-state index in [-0.39, 0.29) is 17.5 Å². The first-order valence-corrected chi connectivity index (χ1v) is 9.41. The monoisotopic (exact) mass is 341 g/mol. The summed E-state index contributed by atoms with van der Waals surface area (Å²) in [5, 5.41) is 8.85. The van der Waals surface area contributed by atoms with E-state index in [2.05, 4.69) is 10.4 Å². The Kier molecular flexibility index (Phi) is 5.84. The number of carbonyl (C=O) groups excluding carboxylic acids is 1. The average Bonchev–Trinajstić information content (AvgIpc) is 3.15. The molecule has 1 amide bonds. The summed E-state index contributed by atoms with van der Waals surface area (Å²) in [7, 11) is 0. The summed E-state index contributed by atoms with van der Waals surface area (Å²) in [6.45, 7) is 2.43. The normalized spacial score (nSPS) is 16.2. The molecule has 0 unspecified atom stereocenters. The van der Waals surface area contributed by atoms with Crippen molar-refractivity contribution in [2.45, 2.75) is 64.5 Å². The van der Waals surface area contributed by atoms with Crippen LogP contribution < -0.4 is 10.9 Å². The summed E-state index contributed by atoms with van der Waals surface area (Å²) in [4.78, 5) is 24.8. The van der Waals surface area contributed by atoms with Crippen LogP contribution in [-0.2, 0) is 11.3 Å². The van der Waals surface area contributed by atoms with E-state index in [1.54, 1.807) is 6.20 Å². The molecule has 134 valence electrons. The van der Waals surface area contributed by atoms with Gasteiger partial charge in [-0.3, -0.25) is 9.59 Å². The molecule has 1 N–H and O–H groups in total. The highest BCUT2D eigenvalue weighted by molar-refractivity contribution is 5.80. The van der Waals surface area contributed by atoms with Gasteiger partial charge in [0.15, 0.2) is 0 Å². The molecular weight excluding hydrogens is 314 g/mol. The van der Waals surface area contributed by atoms with Gasteiger partial charge in [-0.25, -0.2) is 4.68 Å². The van der Waals surface area contributed by atoms with Gasteiger partial charge in [-0.15, -0.1) is 0 Å². The van der Waals surface area contributed by atoms with Crippen LogP contribution in [0, 0.1) is 5.92 Å². The van der Waals surface area contributed by atoms with Crippen LogP contribution in [0.15, 0.2) is 35.3 Å². The summed E-state index contributed by atoms with van der Waals surface area (Å²) in [5.41, 5.74) is -0.100. The molecule has 1 aromatic carbocycles. The molecule has 0 spiro atoms. The predicted octanol–water partition coefficient (Wildman–Crippen LogP) is 3.26. The second-order valence-corrected chi connectivity index (χ2v) is 7.08. The van der Waals surface area contributed by atoms with E-state index in [1.165, 1.54) is 30.4 Å². The maximum atomic E-state index is 12.6. The number of carbonyl (C=O) groups is 1. The highest BCUT2D eigenvalue weighted by Crippen LogP contribution is 2.28. The van der Waals surface area contributed by atoms with E-state index in [0.29, 0.717) is 18.4 Å². The van der Waals surface area contributed by atoms with E-state index in [4.69, 9.17) is 0 Å². The molecule has 5 heteroatoms. The Bertz CT molecular complexity index is 778. The summed E-state index contributed by atoms with van der Waals surface area (Å²) < 4.78 is 1.47. The van der Waals surface area contributed by atoms with Crippen LogP contribution in [0.2, 0.25) is 0 Å². The summed E-state index contributed by atoms with van der Waals surface area (Å²) in [6, 6.07) is 7.39. The standard InChI is InChI=1S/C20H27N3O2/c1-2-17(22-19(24)12-11-15-7-3-4-8-15)14-23-20(25)18-10-6-5-9-16(18)13-21-23/h5-6,9-10,13,15,17H,2-4,7-8,11-12,14H2,1H3,(H,22,24)/t17-/m0/s1. The fourth-order valence-electron chi connectivity index (χ4n) is 3.68. The molecular formula is C20H27N3O2. The SMILES string of the molecule is CC[C@@H](Cn1ncc2ccccc2c1=O)NC(=O)CCC1CCCC1. The number of hydrogen-bond donors (Lipinski definition) is 1. The van der Waals surface area contributed by atoms with E-state index in [9.17, 15) is 9.59 Å². The highest BCUT2D eigenvalue weighted by atomic mass is 16.2. The molecule has 0 saturated heterocycles. The van der Waals surface area contributed by atoms with Crippen LogP contribution in [0.25, 0.3) is 10.8 Å². The van der Waals surface area contributed by atoms with Gasteiger partial charge < -0.3 is 5.32 Å². The van der Waals surface area contributed by atoms with Crippen LogP contribution in [0.1, 0.15) is 51.9 Å². The summed E-state index contributed by atoms with van der Waals surface area (Å²) in [5.74, 6) is 0.809. The number of hydrogen-bond acceptors (Lipinski definition) is 3. The van der Waals surface area contributed by atoms with Crippen LogP contribution >= 0.6 is 0 Å². The fraction of sp³-hybridized carbons (Fsp3) is 0.550. The molecule has 0 radical (unpaired) electrons. The first kappa shape index (κ1) is 17.6. The van der Waals surface area contributed by atoms with E-state index in [0.717, 1.165) is 24.1 Å². The Balaban J connectivity index is 1.60. The number of benzene rings is 1. The lowest BCUT2D eigenvalue weighted by atomic mass is 10.0. The van der Waals surface area contributed by atoms with E-state index >= 15 is 0 Å². The van der Waals surface area contributed by atoms with Crippen LogP contribution in [0.5, 0.6) is 0 Å². The van der Waals surface area contributed by atoms with Crippen molar-refractivity contribution < 1.29 is 4.79 Å². The third-order valence-corrected chi connectivity index (χ3v) is 5.27. The van der Waals surface area contributed by atoms with Gasteiger partial charge in [0, 0.05) is 17.8 Å². The third kappa shape index (κ3) is 4.47. The molecule has 1 aromatic heterocycles. The van der Waals surface area contributed by atoms with Gasteiger partial charge in [-0.1, -0.05) is 50.8 Å². The molecule has 2 aromatic rings. The minimum atomic E-state index is -0.100. The molecule has 1 aliphatic rings. The van der Waals surface area contributed by atoms with E-state index in [1.807, 2.05) is 31.2 Å². The van der Waals surface area contributed by atoms with Crippen molar-refractivity contribution in [3.8, 4) is 0 Å². The first-order chi connectivity index (χ1) is 12.2. The van der Waals surface area contributed by atoms with Crippen molar-refractivity contribution in [1.82, 2.24) is 15.1 Å². The van der Waals surface area contributed by atoms with Crippen molar-refractivity contribution >= 4 is 16.7 Å². The number of amides is 1. The van der Waals surface area contributed by atoms with Gasteiger partial charge >= 0.3 is 0 Å². The maximum Gasteiger partial charge on any atom is 0.274 e. The number of fused-ring (bicyclic) bond motifs is 1. The number of nitrogens with zero attached hydrogens (tertiary/aromatic N) is 2. The van der Waals surface area contributed by atoms with Crippen LogP contribution in [0.3, 0.4) is 0 Å². The van der Waals surface area contributed by atoms with Crippen LogP contribution in [0.4, 0.5) is 0 Å². The number of rotatable bonds is 7. The zero-order chi connectivity index (χ0) is 17.6. The third-order valence-electron chi connectivity index (χ3n) is 5.27. The second kappa shape index (κ2) is 8.28. The smallest absolute Gasteiger partial charge is 0.274 e. The molecule has 3 rings (SSSR count). The van der Waals surface area contributed by atoms with Gasteiger partial charge in [0.05, 0.1) is 18.1 Å². The molecule has 1 fully saturated rings. The summed E-state index contributed by atoms with van der Waals surface area (Å²) >= 11 is 0. The second-order valence-electron chi connectivity index (χ2n) is 7.08. The van der Waals surface area contributed by atoms with Crippen molar-refractivity contribution in [1.29, 1.82) is 0 Å². The molecule has 25 heavy (non-hydrogen) atoms. The van der Waals surface area contributed by atoms with Crippen molar-refractivity contribution in [3.63, 3.8) is 0 Å². The van der Waals surface area contributed by atoms with Crippen LogP contribution in [-0.4, -0.2) is 21.7 Å². The highest BCUT2D eigenvalue weighted by Gasteiger charge is 2.18. The van der Waals surface area contributed by atoms with Gasteiger partial charge in [0.2, 0.25) is 5.91 Å². The van der Waals surface area contributed by atoms with Gasteiger partial charge in [-0.2, -0.15) is 5.10 Å². The quantitative estimate of drug-likeness (QED) is 0.841. The Hall–Kier alpha value is -2.17. The minimum absolute atomic E-state index is 0.0672. The molecule has 1 heterocycles. The van der Waals surface area contributed by atoms with Gasteiger partial charge in [0.1, 0.15) is 0 Å². The molecule has 5 nitrogen and oxygen atoms in total. The maximum absolute atomic E-state index is 12.6. The lowest BCUT2D eigenvalue weighted by Gasteiger charge is -2.18. The van der Waals surface area contributed by atoms with Crippen molar-refractivity contribution in [2.75, 3.05) is 0 Å². The molecule has 0 bridgehead atoms. The summed E-state index contributed by atoms with van der Waals surface area (Å²) in [6.07, 6.45) is 9.20. The Morgan fingerprint density at radius 1 is 1.32 bits per heavy atom. The largest absolute Gasteiger partial charge is 0.352 e. The Morgan fingerprint density at radius 3 is 2.84 bits per heavy atom. The minimum Gasteiger partial charge on any atom is -0.352 e. The fourth-order valence-corrected chi connectivity index (χ4v) is 3.68. The zero-order valence-corrected chi connectivity index (χ0v) is 14.9. The topological polar surface area (TPSA) is 64.0 Å². The van der Waals surface area contributed by atoms with Crippen molar-refractivity contribution in [2.24, 2.45) is 5.92 Å². The lowest BCUT2D eigenvalue weighted by molar-refractivity contribution is -0.122. The average molecular weight is 341 g/mol. The van der Waals surface area contributed by atoms with Gasteiger partial charge in [0.25, 0.3) is 5.56 Å². The lowest BCUT2D eigenvalue weighted by Crippen LogP contribution is -2.40.